The molecule has 1 heterocycles. The molecule has 0 aliphatic heterocycles. The fraction of sp³-hybridized carbons (Fsp3) is 0.455. The van der Waals surface area contributed by atoms with E-state index >= 15 is 0 Å². The minimum absolute atomic E-state index is 0.0956. The number of methoxy groups -OCH3 is 1. The number of hydrogen-bond acceptors (Lipinski definition) is 3. The number of carbonyl (C=O) groups excluding carboxylic acids is 1. The maximum absolute atomic E-state index is 11.9. The second-order valence-electron chi connectivity index (χ2n) is 3.65. The number of nitrogens with one attached hydrogen (secondary N) is 1. The van der Waals surface area contributed by atoms with E-state index < -0.39 is 17.9 Å². The zero-order valence-corrected chi connectivity index (χ0v) is 10.9. The molecule has 0 bridgehead atoms. The number of halogens is 1. The number of rotatable bonds is 6. The molecule has 0 saturated heterocycles. The first kappa shape index (κ1) is 14.5. The van der Waals surface area contributed by atoms with Crippen molar-refractivity contribution in [1.29, 1.82) is 0 Å². The number of nitrogens with zero attached hydrogens (tertiary/aromatic N) is 1. The lowest BCUT2D eigenvalue weighted by atomic mass is 10.3. The van der Waals surface area contributed by atoms with Gasteiger partial charge < -0.3 is 19.7 Å². The summed E-state index contributed by atoms with van der Waals surface area (Å²) in [5, 5.41) is 11.7. The molecule has 7 heteroatoms. The molecule has 6 nitrogen and oxygen atoms in total. The third-order valence-corrected chi connectivity index (χ3v) is 2.58. The van der Waals surface area contributed by atoms with Crippen LogP contribution < -0.4 is 5.32 Å². The summed E-state index contributed by atoms with van der Waals surface area (Å²) >= 11 is 5.81. The molecule has 1 aromatic heterocycles. The fourth-order valence-corrected chi connectivity index (χ4v) is 1.72. The highest BCUT2D eigenvalue weighted by Gasteiger charge is 2.22. The molecule has 0 radical (unpaired) electrons. The third-order valence-electron chi connectivity index (χ3n) is 2.37. The molecule has 0 aliphatic rings. The fourth-order valence-electron chi connectivity index (χ4n) is 1.50. The molecule has 18 heavy (non-hydrogen) atoms. The number of amides is 1. The Kier molecular flexibility index (Phi) is 5.18. The van der Waals surface area contributed by atoms with Crippen LogP contribution in [0.3, 0.4) is 0 Å². The van der Waals surface area contributed by atoms with Crippen LogP contribution in [-0.2, 0) is 16.1 Å². The smallest absolute Gasteiger partial charge is 0.328 e. The van der Waals surface area contributed by atoms with Crippen molar-refractivity contribution in [3.8, 4) is 0 Å². The van der Waals surface area contributed by atoms with E-state index in [2.05, 4.69) is 5.32 Å². The van der Waals surface area contributed by atoms with Crippen LogP contribution in [0.2, 0.25) is 5.02 Å². The van der Waals surface area contributed by atoms with Gasteiger partial charge in [0.15, 0.2) is 6.04 Å². The first-order valence-electron chi connectivity index (χ1n) is 5.37. The van der Waals surface area contributed by atoms with Gasteiger partial charge in [0, 0.05) is 19.9 Å². The highest BCUT2D eigenvalue weighted by Crippen LogP contribution is 2.14. The van der Waals surface area contributed by atoms with Crippen LogP contribution in [-0.4, -0.2) is 41.3 Å². The van der Waals surface area contributed by atoms with E-state index in [-0.39, 0.29) is 6.61 Å². The standard InChI is InChI=1S/C11H15ClN2O4/c1-3-14-5-7(12)4-9(14)10(15)13-8(6-18-2)11(16)17/h4-5,8H,3,6H2,1-2H3,(H,13,15)(H,16,17). The first-order valence-corrected chi connectivity index (χ1v) is 5.75. The van der Waals surface area contributed by atoms with Crippen LogP contribution in [0.5, 0.6) is 0 Å². The largest absolute Gasteiger partial charge is 0.480 e. The number of carboxylic acids is 1. The summed E-state index contributed by atoms with van der Waals surface area (Å²) in [7, 11) is 1.37. The third kappa shape index (κ3) is 3.48. The molecule has 0 spiro atoms. The minimum atomic E-state index is -1.15. The maximum Gasteiger partial charge on any atom is 0.328 e. The lowest BCUT2D eigenvalue weighted by molar-refractivity contribution is -0.140. The average Bonchev–Trinajstić information content (AvgIpc) is 2.69. The number of carboxylic acid groups (broad SMARTS) is 1. The van der Waals surface area contributed by atoms with Crippen molar-refractivity contribution in [2.45, 2.75) is 19.5 Å². The van der Waals surface area contributed by atoms with Gasteiger partial charge in [-0.15, -0.1) is 0 Å². The Morgan fingerprint density at radius 3 is 2.78 bits per heavy atom. The summed E-state index contributed by atoms with van der Waals surface area (Å²) < 4.78 is 6.38. The van der Waals surface area contributed by atoms with Crippen LogP contribution >= 0.6 is 11.6 Å². The Morgan fingerprint density at radius 2 is 2.28 bits per heavy atom. The van der Waals surface area contributed by atoms with Crippen molar-refractivity contribution in [3.05, 3.63) is 23.0 Å². The summed E-state index contributed by atoms with van der Waals surface area (Å²) in [6, 6.07) is 0.410. The van der Waals surface area contributed by atoms with Gasteiger partial charge in [0.2, 0.25) is 0 Å². The molecule has 0 saturated carbocycles. The number of aromatic nitrogens is 1. The van der Waals surface area contributed by atoms with Crippen LogP contribution in [0.15, 0.2) is 12.3 Å². The van der Waals surface area contributed by atoms with Crippen molar-refractivity contribution in [1.82, 2.24) is 9.88 Å². The molecule has 2 N–H and O–H groups in total. The lowest BCUT2D eigenvalue weighted by Gasteiger charge is -2.14. The lowest BCUT2D eigenvalue weighted by Crippen LogP contribution is -2.44. The molecule has 1 amide bonds. The van der Waals surface area contributed by atoms with Gasteiger partial charge in [-0.3, -0.25) is 4.79 Å². The van der Waals surface area contributed by atoms with Crippen molar-refractivity contribution in [2.75, 3.05) is 13.7 Å². The first-order chi connectivity index (χ1) is 8.49. The second-order valence-corrected chi connectivity index (χ2v) is 4.09. The Labute approximate surface area is 109 Å². The second kappa shape index (κ2) is 6.42. The SMILES string of the molecule is CCn1cc(Cl)cc1C(=O)NC(COC)C(=O)O. The topological polar surface area (TPSA) is 80.6 Å². The van der Waals surface area contributed by atoms with E-state index in [1.54, 1.807) is 10.8 Å². The normalized spacial score (nSPS) is 12.2. The Hall–Kier alpha value is -1.53. The van der Waals surface area contributed by atoms with Crippen molar-refractivity contribution < 1.29 is 19.4 Å². The van der Waals surface area contributed by atoms with Crippen LogP contribution in [0, 0.1) is 0 Å². The van der Waals surface area contributed by atoms with Gasteiger partial charge in [0.05, 0.1) is 11.6 Å². The molecular formula is C11H15ClN2O4. The number of aliphatic carboxylic acids is 1. The van der Waals surface area contributed by atoms with Crippen molar-refractivity contribution in [2.24, 2.45) is 0 Å². The molecule has 1 atom stereocenters. The minimum Gasteiger partial charge on any atom is -0.480 e. The van der Waals surface area contributed by atoms with Gasteiger partial charge in [-0.05, 0) is 13.0 Å². The summed E-state index contributed by atoms with van der Waals surface area (Å²) in [5.74, 6) is -1.64. The van der Waals surface area contributed by atoms with Gasteiger partial charge in [0.25, 0.3) is 5.91 Å². The number of aryl methyl sites for hydroxylation is 1. The Bertz CT molecular complexity index is 444. The number of carbonyl (C=O) groups is 2. The molecular weight excluding hydrogens is 260 g/mol. The van der Waals surface area contributed by atoms with Crippen molar-refractivity contribution in [3.63, 3.8) is 0 Å². The van der Waals surface area contributed by atoms with Gasteiger partial charge in [-0.25, -0.2) is 4.79 Å². The molecule has 100 valence electrons. The highest BCUT2D eigenvalue weighted by atomic mass is 35.5. The van der Waals surface area contributed by atoms with Gasteiger partial charge >= 0.3 is 5.97 Å². The van der Waals surface area contributed by atoms with E-state index in [0.29, 0.717) is 17.3 Å². The molecule has 1 rings (SSSR count). The predicted octanol–water partition coefficient (Wildman–Crippen LogP) is 0.991. The Morgan fingerprint density at radius 1 is 1.61 bits per heavy atom. The highest BCUT2D eigenvalue weighted by molar-refractivity contribution is 6.31. The van der Waals surface area contributed by atoms with Crippen LogP contribution in [0.4, 0.5) is 0 Å². The monoisotopic (exact) mass is 274 g/mol. The molecule has 0 aliphatic carbocycles. The van der Waals surface area contributed by atoms with Gasteiger partial charge in [0.1, 0.15) is 5.69 Å². The quantitative estimate of drug-likeness (QED) is 0.811. The predicted molar refractivity (Wildman–Crippen MR) is 65.9 cm³/mol. The van der Waals surface area contributed by atoms with Crippen LogP contribution in [0.1, 0.15) is 17.4 Å². The van der Waals surface area contributed by atoms with E-state index in [1.807, 2.05) is 6.92 Å². The Balaban J connectivity index is 2.83. The molecule has 0 aromatic carbocycles. The average molecular weight is 275 g/mol. The summed E-state index contributed by atoms with van der Waals surface area (Å²) in [4.78, 5) is 22.8. The zero-order valence-electron chi connectivity index (χ0n) is 10.1. The van der Waals surface area contributed by atoms with E-state index in [0.717, 1.165) is 0 Å². The van der Waals surface area contributed by atoms with Gasteiger partial charge in [-0.1, -0.05) is 11.6 Å². The summed E-state index contributed by atoms with van der Waals surface area (Å²) in [6.45, 7) is 2.33. The zero-order chi connectivity index (χ0) is 13.7. The van der Waals surface area contributed by atoms with Crippen molar-refractivity contribution >= 4 is 23.5 Å². The molecule has 1 aromatic rings. The summed E-state index contributed by atoms with van der Waals surface area (Å²) in [5.41, 5.74) is 0.324. The van der Waals surface area contributed by atoms with Gasteiger partial charge in [-0.2, -0.15) is 0 Å². The van der Waals surface area contributed by atoms with E-state index in [1.165, 1.54) is 13.2 Å². The van der Waals surface area contributed by atoms with E-state index in [9.17, 15) is 9.59 Å². The van der Waals surface area contributed by atoms with Crippen LogP contribution in [0.25, 0.3) is 0 Å². The summed E-state index contributed by atoms with van der Waals surface area (Å²) in [6.07, 6.45) is 1.61. The molecule has 1 unspecified atom stereocenters. The number of ether oxygens (including phenoxy) is 1. The maximum atomic E-state index is 11.9. The molecule has 0 fully saturated rings. The van der Waals surface area contributed by atoms with E-state index in [4.69, 9.17) is 21.4 Å². The number of hydrogen-bond donors (Lipinski definition) is 2.